The van der Waals surface area contributed by atoms with E-state index in [1.807, 2.05) is 11.9 Å². The molecule has 4 N–H and O–H groups in total. The summed E-state index contributed by atoms with van der Waals surface area (Å²) in [6.07, 6.45) is -0.0176. The minimum atomic E-state index is -0.393. The third kappa shape index (κ3) is 6.10. The molecule has 110 valence electrons. The van der Waals surface area contributed by atoms with E-state index in [4.69, 9.17) is 18.0 Å². The monoisotopic (exact) mass is 295 g/mol. The second-order valence-electron chi connectivity index (χ2n) is 4.85. The molecule has 1 unspecified atom stereocenters. The molecule has 0 fully saturated rings. The highest BCUT2D eigenvalue weighted by atomic mass is 32.1. The molecule has 0 saturated carbocycles. The zero-order valence-corrected chi connectivity index (χ0v) is 12.6. The number of likely N-dealkylation sites (N-methyl/N-ethyl adjacent to an activating group) is 1. The van der Waals surface area contributed by atoms with Crippen LogP contribution in [0, 0.1) is 0 Å². The molecule has 1 aromatic carbocycles. The number of aliphatic hydroxyl groups excluding tert-OH is 1. The Bertz CT molecular complexity index is 460. The lowest BCUT2D eigenvalue weighted by atomic mass is 10.2. The lowest BCUT2D eigenvalue weighted by Crippen LogP contribution is -2.30. The molecule has 1 amide bonds. The van der Waals surface area contributed by atoms with Crippen molar-refractivity contribution in [1.29, 1.82) is 0 Å². The van der Waals surface area contributed by atoms with Crippen molar-refractivity contribution < 1.29 is 9.90 Å². The van der Waals surface area contributed by atoms with Crippen LogP contribution in [0.4, 0.5) is 5.69 Å². The van der Waals surface area contributed by atoms with Gasteiger partial charge in [-0.25, -0.2) is 0 Å². The molecule has 1 atom stereocenters. The van der Waals surface area contributed by atoms with Gasteiger partial charge in [0.1, 0.15) is 4.99 Å². The molecule has 6 heteroatoms. The summed E-state index contributed by atoms with van der Waals surface area (Å²) in [7, 11) is 1.87. The van der Waals surface area contributed by atoms with E-state index >= 15 is 0 Å². The van der Waals surface area contributed by atoms with E-state index in [-0.39, 0.29) is 5.91 Å². The maximum absolute atomic E-state index is 11.8. The molecule has 1 rings (SSSR count). The first-order chi connectivity index (χ1) is 9.38. The summed E-state index contributed by atoms with van der Waals surface area (Å²) >= 11 is 4.86. The van der Waals surface area contributed by atoms with E-state index in [0.29, 0.717) is 30.2 Å². The number of rotatable bonds is 7. The van der Waals surface area contributed by atoms with Crippen molar-refractivity contribution in [2.75, 3.05) is 25.5 Å². The molecule has 0 aliphatic carbocycles. The molecule has 0 spiro atoms. The molecule has 0 aliphatic heterocycles. The fraction of sp³-hybridized carbons (Fsp3) is 0.429. The van der Waals surface area contributed by atoms with Gasteiger partial charge in [-0.15, -0.1) is 0 Å². The van der Waals surface area contributed by atoms with E-state index < -0.39 is 6.10 Å². The highest BCUT2D eigenvalue weighted by Crippen LogP contribution is 2.10. The first kappa shape index (κ1) is 16.6. The number of hydrogen-bond donors (Lipinski definition) is 3. The Balaban J connectivity index is 2.40. The van der Waals surface area contributed by atoms with Gasteiger partial charge in [0.25, 0.3) is 0 Å². The van der Waals surface area contributed by atoms with Crippen molar-refractivity contribution in [3.63, 3.8) is 0 Å². The van der Waals surface area contributed by atoms with Crippen molar-refractivity contribution in [2.45, 2.75) is 19.4 Å². The van der Waals surface area contributed by atoms with Crippen LogP contribution in [0.25, 0.3) is 0 Å². The maximum atomic E-state index is 11.8. The van der Waals surface area contributed by atoms with Crippen LogP contribution in [0.1, 0.15) is 18.9 Å². The molecular weight excluding hydrogens is 274 g/mol. The van der Waals surface area contributed by atoms with Crippen LogP contribution < -0.4 is 11.1 Å². The van der Waals surface area contributed by atoms with E-state index in [2.05, 4.69) is 5.32 Å². The topological polar surface area (TPSA) is 78.6 Å². The quantitative estimate of drug-likeness (QED) is 0.653. The van der Waals surface area contributed by atoms with Crippen molar-refractivity contribution >= 4 is 28.8 Å². The van der Waals surface area contributed by atoms with Gasteiger partial charge in [-0.2, -0.15) is 0 Å². The molecule has 1 aromatic rings. The molecule has 0 saturated heterocycles. The number of hydrogen-bond acceptors (Lipinski definition) is 4. The SMILES string of the molecule is CC(O)CN(C)CCC(=O)Nc1ccc(C(N)=S)cc1. The third-order valence-electron chi connectivity index (χ3n) is 2.75. The molecule has 0 heterocycles. The fourth-order valence-electron chi connectivity index (χ4n) is 1.78. The second-order valence-corrected chi connectivity index (χ2v) is 5.29. The number of benzene rings is 1. The summed E-state index contributed by atoms with van der Waals surface area (Å²) in [5.74, 6) is -0.0643. The summed E-state index contributed by atoms with van der Waals surface area (Å²) in [5.41, 5.74) is 6.99. The van der Waals surface area contributed by atoms with Gasteiger partial charge in [0.2, 0.25) is 5.91 Å². The van der Waals surface area contributed by atoms with Crippen molar-refractivity contribution in [2.24, 2.45) is 5.73 Å². The van der Waals surface area contributed by atoms with Crippen LogP contribution in [0.2, 0.25) is 0 Å². The third-order valence-corrected chi connectivity index (χ3v) is 2.99. The van der Waals surface area contributed by atoms with E-state index in [1.165, 1.54) is 0 Å². The predicted octanol–water partition coefficient (Wildman–Crippen LogP) is 0.962. The number of thiocarbonyl (C=S) groups is 1. The summed E-state index contributed by atoms with van der Waals surface area (Å²) in [6.45, 7) is 2.87. The number of anilines is 1. The van der Waals surface area contributed by atoms with Gasteiger partial charge < -0.3 is 21.1 Å². The van der Waals surface area contributed by atoms with E-state index in [1.54, 1.807) is 31.2 Å². The van der Waals surface area contributed by atoms with E-state index in [0.717, 1.165) is 5.56 Å². The first-order valence-electron chi connectivity index (χ1n) is 6.45. The van der Waals surface area contributed by atoms with Crippen LogP contribution in [0.15, 0.2) is 24.3 Å². The standard InChI is InChI=1S/C14H21N3O2S/c1-10(18)9-17(2)8-7-13(19)16-12-5-3-11(4-6-12)14(15)20/h3-6,10,18H,7-9H2,1-2H3,(H2,15,20)(H,16,19). The van der Waals surface area contributed by atoms with Crippen LogP contribution in [0.3, 0.4) is 0 Å². The Kier molecular flexibility index (Phi) is 6.57. The average molecular weight is 295 g/mol. The number of carbonyl (C=O) groups excluding carboxylic acids is 1. The first-order valence-corrected chi connectivity index (χ1v) is 6.85. The summed E-state index contributed by atoms with van der Waals surface area (Å²) < 4.78 is 0. The Morgan fingerprint density at radius 2 is 2.05 bits per heavy atom. The van der Waals surface area contributed by atoms with Crippen LogP contribution in [-0.2, 0) is 4.79 Å². The lowest BCUT2D eigenvalue weighted by molar-refractivity contribution is -0.116. The molecule has 5 nitrogen and oxygen atoms in total. The average Bonchev–Trinajstić information content (AvgIpc) is 2.36. The minimum absolute atomic E-state index is 0.0643. The Labute approximate surface area is 124 Å². The van der Waals surface area contributed by atoms with Crippen molar-refractivity contribution in [3.8, 4) is 0 Å². The highest BCUT2D eigenvalue weighted by molar-refractivity contribution is 7.80. The van der Waals surface area contributed by atoms with Gasteiger partial charge in [0.15, 0.2) is 0 Å². The smallest absolute Gasteiger partial charge is 0.225 e. The van der Waals surface area contributed by atoms with Crippen LogP contribution >= 0.6 is 12.2 Å². The number of nitrogens with two attached hydrogens (primary N) is 1. The van der Waals surface area contributed by atoms with Gasteiger partial charge in [-0.1, -0.05) is 12.2 Å². The predicted molar refractivity (Wildman–Crippen MR) is 84.8 cm³/mol. The van der Waals surface area contributed by atoms with Crippen molar-refractivity contribution in [1.82, 2.24) is 4.90 Å². The molecule has 0 radical (unpaired) electrons. The van der Waals surface area contributed by atoms with Crippen molar-refractivity contribution in [3.05, 3.63) is 29.8 Å². The summed E-state index contributed by atoms with van der Waals surface area (Å²) in [5, 5.41) is 12.0. The zero-order chi connectivity index (χ0) is 15.1. The molecule has 0 aliphatic rings. The van der Waals surface area contributed by atoms with E-state index in [9.17, 15) is 9.90 Å². The fourth-order valence-corrected chi connectivity index (χ4v) is 1.91. The molecular formula is C14H21N3O2S. The Morgan fingerprint density at radius 3 is 2.55 bits per heavy atom. The molecule has 20 heavy (non-hydrogen) atoms. The van der Waals surface area contributed by atoms with Gasteiger partial charge >= 0.3 is 0 Å². The number of nitrogens with one attached hydrogen (secondary N) is 1. The number of amides is 1. The zero-order valence-electron chi connectivity index (χ0n) is 11.8. The number of nitrogens with zero attached hydrogens (tertiary/aromatic N) is 1. The largest absolute Gasteiger partial charge is 0.392 e. The van der Waals surface area contributed by atoms with Gasteiger partial charge in [0.05, 0.1) is 6.10 Å². The maximum Gasteiger partial charge on any atom is 0.225 e. The normalized spacial score (nSPS) is 12.2. The number of aliphatic hydroxyl groups is 1. The molecule has 0 aromatic heterocycles. The Hall–Kier alpha value is -1.50. The van der Waals surface area contributed by atoms with Crippen LogP contribution in [0.5, 0.6) is 0 Å². The minimum Gasteiger partial charge on any atom is -0.392 e. The number of carbonyl (C=O) groups is 1. The highest BCUT2D eigenvalue weighted by Gasteiger charge is 2.07. The summed E-state index contributed by atoms with van der Waals surface area (Å²) in [4.78, 5) is 14.0. The summed E-state index contributed by atoms with van der Waals surface area (Å²) in [6, 6.07) is 7.09. The Morgan fingerprint density at radius 1 is 1.45 bits per heavy atom. The van der Waals surface area contributed by atoms with Gasteiger partial charge in [-0.3, -0.25) is 4.79 Å². The second kappa shape index (κ2) is 7.94. The molecule has 0 bridgehead atoms. The van der Waals surface area contributed by atoms with Gasteiger partial charge in [-0.05, 0) is 38.2 Å². The van der Waals surface area contributed by atoms with Gasteiger partial charge in [0, 0.05) is 30.8 Å². The van der Waals surface area contributed by atoms with Crippen LogP contribution in [-0.4, -0.2) is 47.1 Å². The lowest BCUT2D eigenvalue weighted by Gasteiger charge is -2.17.